The summed E-state index contributed by atoms with van der Waals surface area (Å²) in [5.74, 6) is -0.678. The molecule has 0 amide bonds. The summed E-state index contributed by atoms with van der Waals surface area (Å²) in [4.78, 5) is 10.9. The Morgan fingerprint density at radius 1 is 1.47 bits per heavy atom. The standard InChI is InChI=1S/C13H15ClO4S/c1-4-8-5-10-11(6-9(8)12(15)18-3)19(16,17)7-13(10,2)14/h5-6H,4,7H2,1-3H3. The van der Waals surface area contributed by atoms with Crippen molar-refractivity contribution in [2.45, 2.75) is 30.0 Å². The maximum atomic E-state index is 12.1. The lowest BCUT2D eigenvalue weighted by atomic mass is 9.95. The molecule has 0 aliphatic carbocycles. The van der Waals surface area contributed by atoms with E-state index in [0.29, 0.717) is 17.5 Å². The van der Waals surface area contributed by atoms with E-state index in [1.807, 2.05) is 6.92 Å². The Morgan fingerprint density at radius 3 is 2.63 bits per heavy atom. The van der Waals surface area contributed by atoms with Crippen LogP contribution < -0.4 is 0 Å². The van der Waals surface area contributed by atoms with Crippen molar-refractivity contribution in [3.8, 4) is 0 Å². The third-order valence-electron chi connectivity index (χ3n) is 3.35. The van der Waals surface area contributed by atoms with Gasteiger partial charge in [0.05, 0.1) is 28.2 Å². The van der Waals surface area contributed by atoms with Crippen LogP contribution in [-0.4, -0.2) is 27.2 Å². The van der Waals surface area contributed by atoms with E-state index in [9.17, 15) is 13.2 Å². The van der Waals surface area contributed by atoms with Crippen LogP contribution in [0.5, 0.6) is 0 Å². The number of sulfone groups is 1. The van der Waals surface area contributed by atoms with Crippen LogP contribution in [0.3, 0.4) is 0 Å². The fourth-order valence-electron chi connectivity index (χ4n) is 2.39. The second-order valence-electron chi connectivity index (χ2n) is 4.81. The third-order valence-corrected chi connectivity index (χ3v) is 5.81. The summed E-state index contributed by atoms with van der Waals surface area (Å²) < 4.78 is 28.9. The van der Waals surface area contributed by atoms with E-state index >= 15 is 0 Å². The van der Waals surface area contributed by atoms with Gasteiger partial charge < -0.3 is 4.74 Å². The Morgan fingerprint density at radius 2 is 2.11 bits per heavy atom. The highest BCUT2D eigenvalue weighted by molar-refractivity contribution is 7.92. The average molecular weight is 303 g/mol. The van der Waals surface area contributed by atoms with Crippen molar-refractivity contribution in [1.29, 1.82) is 0 Å². The number of fused-ring (bicyclic) bond motifs is 1. The van der Waals surface area contributed by atoms with Crippen LogP contribution in [0.2, 0.25) is 0 Å². The van der Waals surface area contributed by atoms with Crippen LogP contribution in [0.1, 0.15) is 35.3 Å². The second kappa shape index (κ2) is 4.49. The number of esters is 1. The normalized spacial score (nSPS) is 24.0. The average Bonchev–Trinajstić information content (AvgIpc) is 2.52. The monoisotopic (exact) mass is 302 g/mol. The molecule has 1 unspecified atom stereocenters. The van der Waals surface area contributed by atoms with Crippen LogP contribution in [0.4, 0.5) is 0 Å². The number of benzene rings is 1. The van der Waals surface area contributed by atoms with E-state index in [0.717, 1.165) is 5.56 Å². The van der Waals surface area contributed by atoms with Crippen LogP contribution in [0.25, 0.3) is 0 Å². The highest BCUT2D eigenvalue weighted by Gasteiger charge is 2.43. The topological polar surface area (TPSA) is 60.4 Å². The summed E-state index contributed by atoms with van der Waals surface area (Å²) in [6.07, 6.45) is 0.602. The first kappa shape index (κ1) is 14.3. The second-order valence-corrected chi connectivity index (χ2v) is 7.60. The van der Waals surface area contributed by atoms with E-state index in [-0.39, 0.29) is 10.6 Å². The minimum absolute atomic E-state index is 0.141. The molecule has 0 fully saturated rings. The van der Waals surface area contributed by atoms with Crippen molar-refractivity contribution < 1.29 is 17.9 Å². The number of carbonyl (C=O) groups excluding carboxylic acids is 1. The Labute approximate surface area is 117 Å². The van der Waals surface area contributed by atoms with Gasteiger partial charge in [-0.05, 0) is 30.5 Å². The van der Waals surface area contributed by atoms with Gasteiger partial charge in [-0.3, -0.25) is 0 Å². The van der Waals surface area contributed by atoms with Gasteiger partial charge >= 0.3 is 5.97 Å². The lowest BCUT2D eigenvalue weighted by Gasteiger charge is -2.16. The molecule has 19 heavy (non-hydrogen) atoms. The molecule has 0 aromatic heterocycles. The molecular weight excluding hydrogens is 288 g/mol. The summed E-state index contributed by atoms with van der Waals surface area (Å²) in [6, 6.07) is 3.10. The lowest BCUT2D eigenvalue weighted by molar-refractivity contribution is 0.0599. The van der Waals surface area contributed by atoms with Crippen LogP contribution in [0.15, 0.2) is 17.0 Å². The molecule has 0 saturated carbocycles. The van der Waals surface area contributed by atoms with Gasteiger partial charge in [0, 0.05) is 0 Å². The summed E-state index contributed by atoms with van der Waals surface area (Å²) >= 11 is 6.28. The molecule has 0 bridgehead atoms. The Hall–Kier alpha value is -1.07. The SMILES string of the molecule is CCc1cc2c(cc1C(=O)OC)S(=O)(=O)CC2(C)Cl. The highest BCUT2D eigenvalue weighted by atomic mass is 35.5. The number of methoxy groups -OCH3 is 1. The predicted octanol–water partition coefficient (Wildman–Crippen LogP) is 2.28. The molecule has 1 aromatic carbocycles. The zero-order valence-electron chi connectivity index (χ0n) is 11.0. The van der Waals surface area contributed by atoms with Gasteiger partial charge in [0.15, 0.2) is 9.84 Å². The van der Waals surface area contributed by atoms with Gasteiger partial charge in [-0.1, -0.05) is 13.0 Å². The largest absolute Gasteiger partial charge is 0.465 e. The van der Waals surface area contributed by atoms with Crippen molar-refractivity contribution in [2.75, 3.05) is 12.9 Å². The molecule has 1 heterocycles. The number of aryl methyl sites for hydroxylation is 1. The maximum Gasteiger partial charge on any atom is 0.338 e. The number of rotatable bonds is 2. The molecule has 1 atom stereocenters. The van der Waals surface area contributed by atoms with Crippen LogP contribution in [0, 0.1) is 0 Å². The Balaban J connectivity index is 2.76. The molecule has 6 heteroatoms. The molecule has 1 aliphatic rings. The predicted molar refractivity (Wildman–Crippen MR) is 72.4 cm³/mol. The van der Waals surface area contributed by atoms with E-state index < -0.39 is 20.7 Å². The fraction of sp³-hybridized carbons (Fsp3) is 0.462. The van der Waals surface area contributed by atoms with Gasteiger partial charge in [0.1, 0.15) is 0 Å². The number of hydrogen-bond donors (Lipinski definition) is 0. The van der Waals surface area contributed by atoms with Crippen LogP contribution >= 0.6 is 11.6 Å². The van der Waals surface area contributed by atoms with Gasteiger partial charge in [-0.2, -0.15) is 0 Å². The third kappa shape index (κ3) is 2.25. The van der Waals surface area contributed by atoms with Gasteiger partial charge in [0.25, 0.3) is 0 Å². The number of carbonyl (C=O) groups is 1. The van der Waals surface area contributed by atoms with Crippen molar-refractivity contribution in [2.24, 2.45) is 0 Å². The van der Waals surface area contributed by atoms with E-state index in [1.165, 1.54) is 13.2 Å². The van der Waals surface area contributed by atoms with Gasteiger partial charge in [0.2, 0.25) is 0 Å². The van der Waals surface area contributed by atoms with E-state index in [1.54, 1.807) is 13.0 Å². The van der Waals surface area contributed by atoms with Crippen LogP contribution in [-0.2, 0) is 25.9 Å². The molecule has 4 nitrogen and oxygen atoms in total. The molecular formula is C13H15ClO4S. The lowest BCUT2D eigenvalue weighted by Crippen LogP contribution is -2.16. The minimum atomic E-state index is -3.44. The summed E-state index contributed by atoms with van der Waals surface area (Å²) in [5.41, 5.74) is 1.61. The molecule has 0 radical (unpaired) electrons. The maximum absolute atomic E-state index is 12.1. The zero-order chi connectivity index (χ0) is 14.4. The molecule has 0 spiro atoms. The molecule has 2 rings (SSSR count). The Bertz CT molecular complexity index is 647. The highest BCUT2D eigenvalue weighted by Crippen LogP contribution is 2.43. The summed E-state index contributed by atoms with van der Waals surface area (Å²) in [7, 11) is -2.17. The first-order valence-corrected chi connectivity index (χ1v) is 7.93. The number of halogens is 1. The quantitative estimate of drug-likeness (QED) is 0.621. The van der Waals surface area contributed by atoms with E-state index in [4.69, 9.17) is 16.3 Å². The van der Waals surface area contributed by atoms with Crippen molar-refractivity contribution in [3.05, 3.63) is 28.8 Å². The molecule has 0 N–H and O–H groups in total. The zero-order valence-corrected chi connectivity index (χ0v) is 12.6. The summed E-state index contributed by atoms with van der Waals surface area (Å²) in [5, 5.41) is 0. The smallest absolute Gasteiger partial charge is 0.338 e. The summed E-state index contributed by atoms with van der Waals surface area (Å²) in [6.45, 7) is 3.57. The first-order valence-electron chi connectivity index (χ1n) is 5.90. The number of ether oxygens (including phenoxy) is 1. The number of alkyl halides is 1. The van der Waals surface area contributed by atoms with Crippen molar-refractivity contribution >= 4 is 27.4 Å². The first-order chi connectivity index (χ1) is 8.73. The Kier molecular flexibility index (Phi) is 3.39. The van der Waals surface area contributed by atoms with Gasteiger partial charge in [-0.25, -0.2) is 13.2 Å². The fourth-order valence-corrected chi connectivity index (χ4v) is 4.98. The molecule has 1 aromatic rings. The molecule has 0 saturated heterocycles. The van der Waals surface area contributed by atoms with Crippen molar-refractivity contribution in [3.63, 3.8) is 0 Å². The molecule has 1 aliphatic heterocycles. The molecule has 104 valence electrons. The van der Waals surface area contributed by atoms with Gasteiger partial charge in [-0.15, -0.1) is 11.6 Å². The van der Waals surface area contributed by atoms with Crippen molar-refractivity contribution in [1.82, 2.24) is 0 Å². The minimum Gasteiger partial charge on any atom is -0.465 e. The number of hydrogen-bond acceptors (Lipinski definition) is 4. The van der Waals surface area contributed by atoms with E-state index in [2.05, 4.69) is 0 Å².